The number of hydrogen-bond donors (Lipinski definition) is 1. The number of nitrogens with zero attached hydrogens (tertiary/aromatic N) is 1. The van der Waals surface area contributed by atoms with Crippen molar-refractivity contribution in [2.24, 2.45) is 0 Å². The predicted molar refractivity (Wildman–Crippen MR) is 97.3 cm³/mol. The van der Waals surface area contributed by atoms with E-state index in [4.69, 9.17) is 16.3 Å². The molecule has 0 atom stereocenters. The molecule has 5 nitrogen and oxygen atoms in total. The van der Waals surface area contributed by atoms with Gasteiger partial charge in [-0.05, 0) is 30.3 Å². The fraction of sp³-hybridized carbons (Fsp3) is 0.176. The summed E-state index contributed by atoms with van der Waals surface area (Å²) in [5.41, 5.74) is 1.36. The van der Waals surface area contributed by atoms with Gasteiger partial charge in [0.2, 0.25) is 5.91 Å². The molecule has 7 heteroatoms. The molecule has 1 aromatic heterocycles. The number of fused-ring (bicyclic) bond motifs is 1. The molecule has 24 heavy (non-hydrogen) atoms. The molecule has 1 amide bonds. The molecular weight excluding hydrogens is 348 g/mol. The zero-order chi connectivity index (χ0) is 17.1. The van der Waals surface area contributed by atoms with Gasteiger partial charge in [0.25, 0.3) is 0 Å². The maximum absolute atomic E-state index is 12.2. The minimum atomic E-state index is -0.210. The number of rotatable bonds is 5. The number of methoxy groups -OCH3 is 1. The lowest BCUT2D eigenvalue weighted by Crippen LogP contribution is -2.19. The molecule has 1 heterocycles. The standard InChI is InChI=1S/C17H15ClN2O3S/c1-23-14-7-6-11(18)10-12(14)19-16(21)8-9-20-13-4-2-3-5-15(13)24-17(20)22/h2-7,10H,8-9H2,1H3,(H,19,21). The lowest BCUT2D eigenvalue weighted by Gasteiger charge is -2.10. The molecule has 0 saturated carbocycles. The van der Waals surface area contributed by atoms with Crippen LogP contribution >= 0.6 is 22.9 Å². The Morgan fingerprint density at radius 1 is 1.29 bits per heavy atom. The third-order valence-corrected chi connectivity index (χ3v) is 4.77. The largest absolute Gasteiger partial charge is 0.495 e. The van der Waals surface area contributed by atoms with Crippen molar-refractivity contribution in [2.45, 2.75) is 13.0 Å². The minimum absolute atomic E-state index is 0.0654. The van der Waals surface area contributed by atoms with Crippen LogP contribution in [0.25, 0.3) is 10.2 Å². The first-order valence-corrected chi connectivity index (χ1v) is 8.49. The second-order valence-electron chi connectivity index (χ2n) is 5.13. The van der Waals surface area contributed by atoms with Gasteiger partial charge in [0.1, 0.15) is 5.75 Å². The normalized spacial score (nSPS) is 10.8. The van der Waals surface area contributed by atoms with Crippen LogP contribution in [0.5, 0.6) is 5.75 Å². The average molecular weight is 363 g/mol. The fourth-order valence-corrected chi connectivity index (χ4v) is 3.52. The first-order chi connectivity index (χ1) is 11.6. The first-order valence-electron chi connectivity index (χ1n) is 7.30. The van der Waals surface area contributed by atoms with Crippen LogP contribution in [-0.2, 0) is 11.3 Å². The van der Waals surface area contributed by atoms with E-state index in [0.29, 0.717) is 23.0 Å². The molecule has 0 fully saturated rings. The number of hydrogen-bond acceptors (Lipinski definition) is 4. The highest BCUT2D eigenvalue weighted by molar-refractivity contribution is 7.16. The van der Waals surface area contributed by atoms with E-state index in [1.165, 1.54) is 18.4 Å². The van der Waals surface area contributed by atoms with E-state index >= 15 is 0 Å². The first kappa shape index (κ1) is 16.5. The van der Waals surface area contributed by atoms with Gasteiger partial charge in [0.05, 0.1) is 23.0 Å². The Labute approximate surface area is 147 Å². The van der Waals surface area contributed by atoms with Gasteiger partial charge in [0.15, 0.2) is 0 Å². The summed E-state index contributed by atoms with van der Waals surface area (Å²) in [6.45, 7) is 0.317. The quantitative estimate of drug-likeness (QED) is 0.751. The number of ether oxygens (including phenoxy) is 1. The van der Waals surface area contributed by atoms with E-state index in [-0.39, 0.29) is 17.2 Å². The topological polar surface area (TPSA) is 60.3 Å². The Balaban J connectivity index is 1.73. The molecule has 0 aliphatic heterocycles. The summed E-state index contributed by atoms with van der Waals surface area (Å²) in [5, 5.41) is 3.28. The molecule has 124 valence electrons. The van der Waals surface area contributed by atoms with Gasteiger partial charge >= 0.3 is 4.87 Å². The highest BCUT2D eigenvalue weighted by atomic mass is 35.5. The maximum Gasteiger partial charge on any atom is 0.308 e. The molecule has 0 aliphatic carbocycles. The molecule has 0 spiro atoms. The van der Waals surface area contributed by atoms with Gasteiger partial charge in [-0.15, -0.1) is 0 Å². The SMILES string of the molecule is COc1ccc(Cl)cc1NC(=O)CCn1c(=O)sc2ccccc21. The zero-order valence-electron chi connectivity index (χ0n) is 12.9. The van der Waals surface area contributed by atoms with Crippen LogP contribution in [0, 0.1) is 0 Å². The van der Waals surface area contributed by atoms with Crippen LogP contribution in [-0.4, -0.2) is 17.6 Å². The molecule has 0 aliphatic rings. The summed E-state index contributed by atoms with van der Waals surface area (Å²) in [7, 11) is 1.52. The summed E-state index contributed by atoms with van der Waals surface area (Å²) < 4.78 is 7.74. The Morgan fingerprint density at radius 2 is 2.08 bits per heavy atom. The van der Waals surface area contributed by atoms with E-state index in [1.807, 2.05) is 24.3 Å². The zero-order valence-corrected chi connectivity index (χ0v) is 14.5. The van der Waals surface area contributed by atoms with E-state index < -0.39 is 0 Å². The molecule has 2 aromatic carbocycles. The highest BCUT2D eigenvalue weighted by Gasteiger charge is 2.11. The molecule has 0 unspecified atom stereocenters. The van der Waals surface area contributed by atoms with Gasteiger partial charge in [0, 0.05) is 18.0 Å². The number of amides is 1. The average Bonchev–Trinajstić information content (AvgIpc) is 2.88. The van der Waals surface area contributed by atoms with Gasteiger partial charge < -0.3 is 10.1 Å². The van der Waals surface area contributed by atoms with Crippen molar-refractivity contribution in [3.63, 3.8) is 0 Å². The Morgan fingerprint density at radius 3 is 2.88 bits per heavy atom. The van der Waals surface area contributed by atoms with E-state index in [2.05, 4.69) is 5.32 Å². The Bertz CT molecular complexity index is 948. The Hall–Kier alpha value is -2.31. The molecule has 0 saturated heterocycles. The van der Waals surface area contributed by atoms with Crippen LogP contribution in [0.1, 0.15) is 6.42 Å². The Kier molecular flexibility index (Phi) is 4.87. The summed E-state index contributed by atoms with van der Waals surface area (Å²) in [6, 6.07) is 12.6. The molecule has 0 radical (unpaired) electrons. The molecule has 3 rings (SSSR count). The molecule has 0 bridgehead atoms. The van der Waals surface area contributed by atoms with Gasteiger partial charge in [-0.3, -0.25) is 14.2 Å². The molecule has 3 aromatic rings. The van der Waals surface area contributed by atoms with Gasteiger partial charge in [-0.2, -0.15) is 0 Å². The number of para-hydroxylation sites is 1. The minimum Gasteiger partial charge on any atom is -0.495 e. The third kappa shape index (κ3) is 3.44. The number of nitrogens with one attached hydrogen (secondary N) is 1. The number of aryl methyl sites for hydroxylation is 1. The second kappa shape index (κ2) is 7.07. The number of anilines is 1. The fourth-order valence-electron chi connectivity index (χ4n) is 2.43. The van der Waals surface area contributed by atoms with E-state index in [9.17, 15) is 9.59 Å². The summed E-state index contributed by atoms with van der Waals surface area (Å²) in [5.74, 6) is 0.323. The van der Waals surface area contributed by atoms with Crippen LogP contribution in [0.4, 0.5) is 5.69 Å². The van der Waals surface area contributed by atoms with Crippen molar-refractivity contribution in [1.29, 1.82) is 0 Å². The van der Waals surface area contributed by atoms with Crippen molar-refractivity contribution >= 4 is 44.7 Å². The second-order valence-corrected chi connectivity index (χ2v) is 6.56. The summed E-state index contributed by atoms with van der Waals surface area (Å²) in [6.07, 6.45) is 0.177. The van der Waals surface area contributed by atoms with Crippen LogP contribution in [0.15, 0.2) is 47.3 Å². The smallest absolute Gasteiger partial charge is 0.308 e. The predicted octanol–water partition coefficient (Wildman–Crippen LogP) is 3.75. The van der Waals surface area contributed by atoms with Crippen LogP contribution in [0.2, 0.25) is 5.02 Å². The van der Waals surface area contributed by atoms with Crippen molar-refractivity contribution in [2.75, 3.05) is 12.4 Å². The van der Waals surface area contributed by atoms with Crippen LogP contribution < -0.4 is 14.9 Å². The van der Waals surface area contributed by atoms with Gasteiger partial charge in [-0.25, -0.2) is 0 Å². The monoisotopic (exact) mass is 362 g/mol. The number of carbonyl (C=O) groups excluding carboxylic acids is 1. The van der Waals surface area contributed by atoms with Crippen molar-refractivity contribution in [3.8, 4) is 5.75 Å². The number of carbonyl (C=O) groups is 1. The lowest BCUT2D eigenvalue weighted by atomic mass is 10.2. The van der Waals surface area contributed by atoms with Crippen molar-refractivity contribution < 1.29 is 9.53 Å². The van der Waals surface area contributed by atoms with Crippen molar-refractivity contribution in [1.82, 2.24) is 4.57 Å². The summed E-state index contributed by atoms with van der Waals surface area (Å²) in [4.78, 5) is 24.2. The number of thiazole rings is 1. The number of aromatic nitrogens is 1. The van der Waals surface area contributed by atoms with Crippen molar-refractivity contribution in [3.05, 3.63) is 57.2 Å². The molecular formula is C17H15ClN2O3S. The summed E-state index contributed by atoms with van der Waals surface area (Å²) >= 11 is 7.13. The highest BCUT2D eigenvalue weighted by Crippen LogP contribution is 2.27. The van der Waals surface area contributed by atoms with E-state index in [1.54, 1.807) is 22.8 Å². The number of halogens is 1. The van der Waals surface area contributed by atoms with Crippen LogP contribution in [0.3, 0.4) is 0 Å². The maximum atomic E-state index is 12.2. The van der Waals surface area contributed by atoms with E-state index in [0.717, 1.165) is 10.2 Å². The molecule has 1 N–H and O–H groups in total. The van der Waals surface area contributed by atoms with Gasteiger partial charge in [-0.1, -0.05) is 35.1 Å². The number of benzene rings is 2. The lowest BCUT2D eigenvalue weighted by molar-refractivity contribution is -0.116. The third-order valence-electron chi connectivity index (χ3n) is 3.57.